The Kier molecular flexibility index (Phi) is 5.53. The maximum absolute atomic E-state index is 13.4. The normalized spacial score (nSPS) is 19.6. The van der Waals surface area contributed by atoms with Gasteiger partial charge in [0.05, 0.1) is 13.2 Å². The van der Waals surface area contributed by atoms with Crippen LogP contribution in [0.1, 0.15) is 34.7 Å². The lowest BCUT2D eigenvalue weighted by Gasteiger charge is -2.23. The quantitative estimate of drug-likeness (QED) is 0.559. The Morgan fingerprint density at radius 3 is 2.41 bits per heavy atom. The minimum atomic E-state index is -1.08. The monoisotopic (exact) mass is 455 g/mol. The third-order valence-electron chi connectivity index (χ3n) is 6.61. The number of hydrogen-bond acceptors (Lipinski definition) is 4. The number of urea groups is 1. The van der Waals surface area contributed by atoms with E-state index in [1.165, 1.54) is 0 Å². The van der Waals surface area contributed by atoms with Crippen molar-refractivity contribution in [2.24, 2.45) is 0 Å². The van der Waals surface area contributed by atoms with Crippen LogP contribution < -0.4 is 15.4 Å². The summed E-state index contributed by atoms with van der Waals surface area (Å²) in [6.07, 6.45) is 1.20. The van der Waals surface area contributed by atoms with E-state index in [-0.39, 0.29) is 12.5 Å². The fraction of sp³-hybridized carbons (Fsp3) is 0.222. The molecule has 4 amide bonds. The number of amides is 4. The molecule has 34 heavy (non-hydrogen) atoms. The molecule has 1 fully saturated rings. The van der Waals surface area contributed by atoms with Gasteiger partial charge in [-0.1, -0.05) is 66.7 Å². The number of nitrogens with one attached hydrogen (secondary N) is 2. The molecular weight excluding hydrogens is 430 g/mol. The van der Waals surface area contributed by atoms with Gasteiger partial charge in [0.2, 0.25) is 5.91 Å². The fourth-order valence-electron chi connectivity index (χ4n) is 4.88. The number of methoxy groups -OCH3 is 1. The minimum absolute atomic E-state index is 0.353. The summed E-state index contributed by atoms with van der Waals surface area (Å²) >= 11 is 0. The first-order valence-electron chi connectivity index (χ1n) is 11.2. The van der Waals surface area contributed by atoms with Gasteiger partial charge in [-0.2, -0.15) is 0 Å². The summed E-state index contributed by atoms with van der Waals surface area (Å²) in [5.41, 5.74) is 2.53. The van der Waals surface area contributed by atoms with Crippen LogP contribution in [0.5, 0.6) is 5.75 Å². The summed E-state index contributed by atoms with van der Waals surface area (Å²) in [4.78, 5) is 40.3. The average Bonchev–Trinajstić information content (AvgIpc) is 3.36. The molecule has 2 N–H and O–H groups in total. The first-order chi connectivity index (χ1) is 16.5. The predicted octanol–water partition coefficient (Wildman–Crippen LogP) is 3.29. The molecule has 5 rings (SSSR count). The molecule has 0 unspecified atom stereocenters. The SMILES string of the molecule is COc1ccc([C@@H](NC(=O)CN2C(=O)N[C@@]3(CCc4ccccc43)C2=O)c2ccccc2)cc1. The molecule has 7 nitrogen and oxygen atoms in total. The van der Waals surface area contributed by atoms with Crippen LogP contribution in [0.25, 0.3) is 0 Å². The highest BCUT2D eigenvalue weighted by molar-refractivity contribution is 6.10. The number of imide groups is 1. The third-order valence-corrected chi connectivity index (χ3v) is 6.61. The van der Waals surface area contributed by atoms with Crippen LogP contribution in [0, 0.1) is 0 Å². The van der Waals surface area contributed by atoms with E-state index >= 15 is 0 Å². The van der Waals surface area contributed by atoms with Crippen LogP contribution >= 0.6 is 0 Å². The number of benzene rings is 3. The number of fused-ring (bicyclic) bond motifs is 2. The van der Waals surface area contributed by atoms with Crippen molar-refractivity contribution < 1.29 is 19.1 Å². The van der Waals surface area contributed by atoms with Gasteiger partial charge in [-0.25, -0.2) is 4.79 Å². The molecule has 2 atom stereocenters. The lowest BCUT2D eigenvalue weighted by atomic mass is 9.92. The molecule has 1 heterocycles. The third kappa shape index (κ3) is 3.69. The molecular formula is C27H25N3O4. The number of carbonyl (C=O) groups is 3. The molecule has 3 aromatic carbocycles. The first-order valence-corrected chi connectivity index (χ1v) is 11.2. The molecule has 1 saturated heterocycles. The number of carbonyl (C=O) groups excluding carboxylic acids is 3. The molecule has 0 radical (unpaired) electrons. The summed E-state index contributed by atoms with van der Waals surface area (Å²) in [5.74, 6) is -0.0850. The molecule has 3 aromatic rings. The van der Waals surface area contributed by atoms with Gasteiger partial charge >= 0.3 is 6.03 Å². The maximum atomic E-state index is 13.4. The lowest BCUT2D eigenvalue weighted by molar-refractivity contribution is -0.135. The second-order valence-electron chi connectivity index (χ2n) is 8.57. The van der Waals surface area contributed by atoms with E-state index in [0.717, 1.165) is 27.2 Å². The van der Waals surface area contributed by atoms with Crippen molar-refractivity contribution in [1.82, 2.24) is 15.5 Å². The van der Waals surface area contributed by atoms with Crippen molar-refractivity contribution in [3.8, 4) is 5.75 Å². The number of aryl methyl sites for hydroxylation is 1. The Labute approximate surface area is 197 Å². The van der Waals surface area contributed by atoms with Crippen molar-refractivity contribution in [1.29, 1.82) is 0 Å². The summed E-state index contributed by atoms with van der Waals surface area (Å²) < 4.78 is 5.24. The van der Waals surface area contributed by atoms with E-state index < -0.39 is 23.5 Å². The van der Waals surface area contributed by atoms with E-state index in [1.807, 2.05) is 78.9 Å². The highest BCUT2D eigenvalue weighted by Crippen LogP contribution is 2.41. The van der Waals surface area contributed by atoms with Gasteiger partial charge in [0, 0.05) is 0 Å². The van der Waals surface area contributed by atoms with Crippen molar-refractivity contribution in [2.45, 2.75) is 24.4 Å². The zero-order valence-corrected chi connectivity index (χ0v) is 18.8. The molecule has 0 aromatic heterocycles. The van der Waals surface area contributed by atoms with Crippen LogP contribution in [-0.2, 0) is 21.5 Å². The van der Waals surface area contributed by atoms with E-state index in [4.69, 9.17) is 4.74 Å². The molecule has 0 saturated carbocycles. The smallest absolute Gasteiger partial charge is 0.325 e. The summed E-state index contributed by atoms with van der Waals surface area (Å²) in [6, 6.07) is 23.6. The lowest BCUT2D eigenvalue weighted by Crippen LogP contribution is -2.44. The summed E-state index contributed by atoms with van der Waals surface area (Å²) in [5, 5.41) is 5.86. The number of nitrogens with zero attached hydrogens (tertiary/aromatic N) is 1. The summed E-state index contributed by atoms with van der Waals surface area (Å²) in [6.45, 7) is -0.353. The van der Waals surface area contributed by atoms with E-state index in [9.17, 15) is 14.4 Å². The maximum Gasteiger partial charge on any atom is 0.325 e. The highest BCUT2D eigenvalue weighted by atomic mass is 16.5. The Hall–Kier alpha value is -4.13. The molecule has 2 aliphatic rings. The van der Waals surface area contributed by atoms with Gasteiger partial charge in [0.1, 0.15) is 17.8 Å². The van der Waals surface area contributed by atoms with Crippen LogP contribution in [0.2, 0.25) is 0 Å². The molecule has 172 valence electrons. The average molecular weight is 456 g/mol. The molecule has 1 aliphatic carbocycles. The van der Waals surface area contributed by atoms with E-state index in [1.54, 1.807) is 7.11 Å². The van der Waals surface area contributed by atoms with Crippen LogP contribution in [-0.4, -0.2) is 36.4 Å². The highest BCUT2D eigenvalue weighted by Gasteiger charge is 2.55. The Morgan fingerprint density at radius 2 is 1.68 bits per heavy atom. The Bertz CT molecular complexity index is 1240. The van der Waals surface area contributed by atoms with Gasteiger partial charge in [-0.15, -0.1) is 0 Å². The van der Waals surface area contributed by atoms with Gasteiger partial charge in [0.25, 0.3) is 5.91 Å². The van der Waals surface area contributed by atoms with Gasteiger partial charge in [-0.05, 0) is 47.2 Å². The minimum Gasteiger partial charge on any atom is -0.497 e. The molecule has 7 heteroatoms. The van der Waals surface area contributed by atoms with E-state index in [0.29, 0.717) is 18.6 Å². The topological polar surface area (TPSA) is 87.7 Å². The second-order valence-corrected chi connectivity index (χ2v) is 8.57. The Morgan fingerprint density at radius 1 is 1.00 bits per heavy atom. The van der Waals surface area contributed by atoms with Crippen molar-refractivity contribution in [3.63, 3.8) is 0 Å². The molecule has 0 bridgehead atoms. The van der Waals surface area contributed by atoms with Crippen LogP contribution in [0.3, 0.4) is 0 Å². The molecule has 1 aliphatic heterocycles. The van der Waals surface area contributed by atoms with Crippen molar-refractivity contribution in [2.75, 3.05) is 13.7 Å². The molecule has 1 spiro atoms. The van der Waals surface area contributed by atoms with Gasteiger partial charge < -0.3 is 15.4 Å². The number of rotatable bonds is 6. The summed E-state index contributed by atoms with van der Waals surface area (Å²) in [7, 11) is 1.60. The van der Waals surface area contributed by atoms with Crippen LogP contribution in [0.4, 0.5) is 4.79 Å². The predicted molar refractivity (Wildman–Crippen MR) is 126 cm³/mol. The number of hydrogen-bond donors (Lipinski definition) is 2. The van der Waals surface area contributed by atoms with E-state index in [2.05, 4.69) is 10.6 Å². The fourth-order valence-corrected chi connectivity index (χ4v) is 4.88. The second kappa shape index (κ2) is 8.67. The Balaban J connectivity index is 1.37. The van der Waals surface area contributed by atoms with Crippen LogP contribution in [0.15, 0.2) is 78.9 Å². The van der Waals surface area contributed by atoms with Gasteiger partial charge in [0.15, 0.2) is 0 Å². The van der Waals surface area contributed by atoms with Gasteiger partial charge in [-0.3, -0.25) is 14.5 Å². The largest absolute Gasteiger partial charge is 0.497 e. The standard InChI is InChI=1S/C27H25N3O4/c1-34-21-13-11-20(12-14-21)24(19-8-3-2-4-9-19)28-23(31)17-30-25(32)27(29-26(30)33)16-15-18-7-5-6-10-22(18)27/h2-14,24H,15-17H2,1H3,(H,28,31)(H,29,33)/t24-,27+/m0/s1. The first kappa shape index (κ1) is 21.7. The zero-order valence-electron chi connectivity index (χ0n) is 18.8. The van der Waals surface area contributed by atoms with Crippen molar-refractivity contribution in [3.05, 3.63) is 101 Å². The number of ether oxygens (including phenoxy) is 1. The van der Waals surface area contributed by atoms with Crippen molar-refractivity contribution >= 4 is 17.8 Å². The zero-order chi connectivity index (χ0) is 23.7.